The first-order valence-corrected chi connectivity index (χ1v) is 5.57. The molecule has 0 bridgehead atoms. The molecule has 4 nitrogen and oxygen atoms in total. The SMILES string of the molecule is COC(=O)C(C)(C)CSc1nc(C)co1. The lowest BCUT2D eigenvalue weighted by molar-refractivity contribution is -0.149. The van der Waals surface area contributed by atoms with Crippen molar-refractivity contribution in [3.63, 3.8) is 0 Å². The van der Waals surface area contributed by atoms with Crippen molar-refractivity contribution in [2.45, 2.75) is 26.0 Å². The maximum absolute atomic E-state index is 11.4. The number of rotatable bonds is 4. The van der Waals surface area contributed by atoms with Gasteiger partial charge in [0.2, 0.25) is 0 Å². The monoisotopic (exact) mass is 229 g/mol. The topological polar surface area (TPSA) is 52.3 Å². The van der Waals surface area contributed by atoms with Crippen LogP contribution in [0.3, 0.4) is 0 Å². The molecule has 1 aromatic heterocycles. The minimum atomic E-state index is -0.526. The molecule has 0 fully saturated rings. The highest BCUT2D eigenvalue weighted by molar-refractivity contribution is 7.99. The molecular formula is C10H15NO3S. The highest BCUT2D eigenvalue weighted by atomic mass is 32.2. The van der Waals surface area contributed by atoms with Gasteiger partial charge in [0.1, 0.15) is 6.26 Å². The molecule has 84 valence electrons. The largest absolute Gasteiger partial charge is 0.469 e. The van der Waals surface area contributed by atoms with Gasteiger partial charge in [0.05, 0.1) is 18.2 Å². The summed E-state index contributed by atoms with van der Waals surface area (Å²) in [5, 5.41) is 0.587. The Morgan fingerprint density at radius 1 is 1.67 bits per heavy atom. The summed E-state index contributed by atoms with van der Waals surface area (Å²) in [7, 11) is 1.39. The summed E-state index contributed by atoms with van der Waals surface area (Å²) in [6, 6.07) is 0. The van der Waals surface area contributed by atoms with Crippen molar-refractivity contribution in [1.82, 2.24) is 4.98 Å². The fraction of sp³-hybridized carbons (Fsp3) is 0.600. The molecule has 0 aliphatic rings. The van der Waals surface area contributed by atoms with E-state index in [2.05, 4.69) is 4.98 Å². The van der Waals surface area contributed by atoms with E-state index < -0.39 is 5.41 Å². The highest BCUT2D eigenvalue weighted by Gasteiger charge is 2.29. The van der Waals surface area contributed by atoms with Crippen molar-refractivity contribution in [3.8, 4) is 0 Å². The van der Waals surface area contributed by atoms with E-state index in [0.717, 1.165) is 5.69 Å². The Morgan fingerprint density at radius 3 is 2.80 bits per heavy atom. The molecule has 0 saturated carbocycles. The van der Waals surface area contributed by atoms with Crippen molar-refractivity contribution in [2.24, 2.45) is 5.41 Å². The second-order valence-electron chi connectivity index (χ2n) is 3.92. The zero-order valence-corrected chi connectivity index (χ0v) is 10.2. The second kappa shape index (κ2) is 4.70. The normalized spacial score (nSPS) is 11.5. The summed E-state index contributed by atoms with van der Waals surface area (Å²) >= 11 is 1.41. The third kappa shape index (κ3) is 3.27. The van der Waals surface area contributed by atoms with Crippen molar-refractivity contribution in [1.29, 1.82) is 0 Å². The molecule has 0 atom stereocenters. The first-order chi connectivity index (χ1) is 6.95. The number of aromatic nitrogens is 1. The molecule has 5 heteroatoms. The Bertz CT molecular complexity index is 346. The maximum Gasteiger partial charge on any atom is 0.312 e. The summed E-state index contributed by atoms with van der Waals surface area (Å²) in [5.41, 5.74) is 0.315. The third-order valence-corrected chi connectivity index (χ3v) is 3.19. The van der Waals surface area contributed by atoms with Gasteiger partial charge in [0, 0.05) is 5.75 Å². The van der Waals surface area contributed by atoms with Gasteiger partial charge in [-0.05, 0) is 20.8 Å². The molecule has 0 saturated heterocycles. The van der Waals surface area contributed by atoms with Gasteiger partial charge >= 0.3 is 5.97 Å². The standard InChI is InChI=1S/C10H15NO3S/c1-7-5-14-9(11-7)15-6-10(2,3)8(12)13-4/h5H,6H2,1-4H3. The van der Waals surface area contributed by atoms with Crippen LogP contribution in [0.15, 0.2) is 15.9 Å². The van der Waals surface area contributed by atoms with E-state index in [1.807, 2.05) is 20.8 Å². The van der Waals surface area contributed by atoms with Crippen LogP contribution in [0.25, 0.3) is 0 Å². The lowest BCUT2D eigenvalue weighted by atomic mass is 9.97. The van der Waals surface area contributed by atoms with Gasteiger partial charge < -0.3 is 9.15 Å². The number of ether oxygens (including phenoxy) is 1. The number of oxazole rings is 1. The lowest BCUT2D eigenvalue weighted by Crippen LogP contribution is -2.28. The summed E-state index contributed by atoms with van der Waals surface area (Å²) in [4.78, 5) is 15.5. The van der Waals surface area contributed by atoms with Gasteiger partial charge in [-0.2, -0.15) is 0 Å². The van der Waals surface area contributed by atoms with Crippen molar-refractivity contribution in [3.05, 3.63) is 12.0 Å². The van der Waals surface area contributed by atoms with E-state index in [0.29, 0.717) is 11.0 Å². The molecule has 1 rings (SSSR count). The average molecular weight is 229 g/mol. The van der Waals surface area contributed by atoms with E-state index in [9.17, 15) is 4.79 Å². The number of aryl methyl sites for hydroxylation is 1. The Morgan fingerprint density at radius 2 is 2.33 bits per heavy atom. The minimum absolute atomic E-state index is 0.224. The first-order valence-electron chi connectivity index (χ1n) is 4.59. The molecule has 0 aliphatic heterocycles. The van der Waals surface area contributed by atoms with Gasteiger partial charge in [0.25, 0.3) is 5.22 Å². The van der Waals surface area contributed by atoms with E-state index >= 15 is 0 Å². The van der Waals surface area contributed by atoms with Gasteiger partial charge in [-0.3, -0.25) is 4.79 Å². The fourth-order valence-electron chi connectivity index (χ4n) is 0.976. The first kappa shape index (κ1) is 12.1. The molecule has 0 aliphatic carbocycles. The van der Waals surface area contributed by atoms with E-state index in [1.54, 1.807) is 6.26 Å². The zero-order chi connectivity index (χ0) is 11.5. The Balaban J connectivity index is 2.53. The predicted octanol–water partition coefficient (Wildman–Crippen LogP) is 2.27. The minimum Gasteiger partial charge on any atom is -0.469 e. The summed E-state index contributed by atoms with van der Waals surface area (Å²) in [6.45, 7) is 5.53. The van der Waals surface area contributed by atoms with Crippen LogP contribution >= 0.6 is 11.8 Å². The molecule has 0 spiro atoms. The Kier molecular flexibility index (Phi) is 3.79. The molecule has 1 aromatic rings. The van der Waals surface area contributed by atoms with Crippen LogP contribution < -0.4 is 0 Å². The van der Waals surface area contributed by atoms with Crippen molar-refractivity contribution >= 4 is 17.7 Å². The van der Waals surface area contributed by atoms with Crippen LogP contribution in [0.4, 0.5) is 0 Å². The summed E-state index contributed by atoms with van der Waals surface area (Å²) in [6.07, 6.45) is 1.59. The average Bonchev–Trinajstić information content (AvgIpc) is 2.60. The fourth-order valence-corrected chi connectivity index (χ4v) is 1.90. The molecule has 1 heterocycles. The van der Waals surface area contributed by atoms with E-state index in [4.69, 9.17) is 9.15 Å². The van der Waals surface area contributed by atoms with Crippen LogP contribution in [0.1, 0.15) is 19.5 Å². The molecule has 0 amide bonds. The molecule has 0 unspecified atom stereocenters. The van der Waals surface area contributed by atoms with Crippen LogP contribution in [0, 0.1) is 12.3 Å². The number of thioether (sulfide) groups is 1. The smallest absolute Gasteiger partial charge is 0.312 e. The van der Waals surface area contributed by atoms with Crippen LogP contribution in [-0.2, 0) is 9.53 Å². The summed E-state index contributed by atoms with van der Waals surface area (Å²) in [5.74, 6) is 0.359. The number of nitrogens with zero attached hydrogens (tertiary/aromatic N) is 1. The molecule has 0 N–H and O–H groups in total. The van der Waals surface area contributed by atoms with Crippen LogP contribution in [0.5, 0.6) is 0 Å². The van der Waals surface area contributed by atoms with Gasteiger partial charge in [-0.1, -0.05) is 11.8 Å². The number of carbonyl (C=O) groups is 1. The van der Waals surface area contributed by atoms with Gasteiger partial charge in [0.15, 0.2) is 0 Å². The highest BCUT2D eigenvalue weighted by Crippen LogP contribution is 2.27. The lowest BCUT2D eigenvalue weighted by Gasteiger charge is -2.19. The summed E-state index contributed by atoms with van der Waals surface area (Å²) < 4.78 is 9.88. The van der Waals surface area contributed by atoms with Crippen molar-refractivity contribution < 1.29 is 13.9 Å². The van der Waals surface area contributed by atoms with E-state index in [1.165, 1.54) is 18.9 Å². The number of carbonyl (C=O) groups excluding carboxylic acids is 1. The number of hydrogen-bond acceptors (Lipinski definition) is 5. The predicted molar refractivity (Wildman–Crippen MR) is 57.8 cm³/mol. The Labute approximate surface area is 93.4 Å². The maximum atomic E-state index is 11.4. The van der Waals surface area contributed by atoms with E-state index in [-0.39, 0.29) is 5.97 Å². The molecule has 0 radical (unpaired) electrons. The van der Waals surface area contributed by atoms with Crippen molar-refractivity contribution in [2.75, 3.05) is 12.9 Å². The van der Waals surface area contributed by atoms with Gasteiger partial charge in [-0.25, -0.2) is 4.98 Å². The molecule has 15 heavy (non-hydrogen) atoms. The second-order valence-corrected chi connectivity index (χ2v) is 4.85. The number of esters is 1. The number of methoxy groups -OCH3 is 1. The van der Waals surface area contributed by atoms with Crippen LogP contribution in [0.2, 0.25) is 0 Å². The molecule has 0 aromatic carbocycles. The number of hydrogen-bond donors (Lipinski definition) is 0. The van der Waals surface area contributed by atoms with Crippen LogP contribution in [-0.4, -0.2) is 23.8 Å². The molecular weight excluding hydrogens is 214 g/mol. The van der Waals surface area contributed by atoms with Gasteiger partial charge in [-0.15, -0.1) is 0 Å². The quantitative estimate of drug-likeness (QED) is 0.585. The zero-order valence-electron chi connectivity index (χ0n) is 9.36. The Hall–Kier alpha value is -0.970. The third-order valence-electron chi connectivity index (χ3n) is 1.89.